The Labute approximate surface area is 152 Å². The molecule has 1 aromatic heterocycles. The summed E-state index contributed by atoms with van der Waals surface area (Å²) in [7, 11) is 2.22. The van der Waals surface area contributed by atoms with Gasteiger partial charge in [-0.25, -0.2) is 0 Å². The molecule has 4 rings (SSSR count). The Morgan fingerprint density at radius 3 is 2.61 bits per heavy atom. The summed E-state index contributed by atoms with van der Waals surface area (Å²) in [5, 5.41) is 2.15. The lowest BCUT2D eigenvalue weighted by Crippen LogP contribution is -2.38. The van der Waals surface area contributed by atoms with Crippen molar-refractivity contribution in [2.24, 2.45) is 0 Å². The maximum Gasteiger partial charge on any atom is 0.0413 e. The third-order valence-corrected chi connectivity index (χ3v) is 6.34. The van der Waals surface area contributed by atoms with E-state index in [0.29, 0.717) is 12.0 Å². The molecular formula is C19H19Cl2NS. The first-order valence-electron chi connectivity index (χ1n) is 7.61. The van der Waals surface area contributed by atoms with Crippen molar-refractivity contribution in [3.63, 3.8) is 0 Å². The fourth-order valence-electron chi connectivity index (χ4n) is 3.51. The van der Waals surface area contributed by atoms with Crippen LogP contribution in [0.1, 0.15) is 28.8 Å². The number of nitrogens with zero attached hydrogens (tertiary/aromatic N) is 1. The quantitative estimate of drug-likeness (QED) is 0.516. The van der Waals surface area contributed by atoms with Crippen LogP contribution in [-0.2, 0) is 6.54 Å². The molecule has 1 aliphatic rings. The number of thiophene rings is 1. The van der Waals surface area contributed by atoms with E-state index in [-0.39, 0.29) is 12.4 Å². The maximum atomic E-state index is 6.23. The fraction of sp³-hybridized carbons (Fsp3) is 0.263. The molecule has 0 saturated heterocycles. The highest BCUT2D eigenvalue weighted by atomic mass is 35.5. The first-order valence-corrected chi connectivity index (χ1v) is 8.80. The molecule has 0 aliphatic carbocycles. The van der Waals surface area contributed by atoms with Crippen molar-refractivity contribution in [2.45, 2.75) is 25.4 Å². The van der Waals surface area contributed by atoms with E-state index in [1.807, 2.05) is 17.4 Å². The summed E-state index contributed by atoms with van der Waals surface area (Å²) in [5.41, 5.74) is 2.86. The van der Waals surface area contributed by atoms with Gasteiger partial charge in [0.15, 0.2) is 0 Å². The van der Waals surface area contributed by atoms with Gasteiger partial charge in [0.1, 0.15) is 0 Å². The Morgan fingerprint density at radius 1 is 1.13 bits per heavy atom. The number of hydrogen-bond acceptors (Lipinski definition) is 2. The second-order valence-electron chi connectivity index (χ2n) is 6.13. The lowest BCUT2D eigenvalue weighted by Gasteiger charge is -2.37. The molecule has 1 nitrogen and oxygen atoms in total. The molecule has 0 amide bonds. The van der Waals surface area contributed by atoms with E-state index in [2.05, 4.69) is 61.3 Å². The molecule has 0 bridgehead atoms. The van der Waals surface area contributed by atoms with Crippen molar-refractivity contribution in [2.75, 3.05) is 7.05 Å². The van der Waals surface area contributed by atoms with Crippen molar-refractivity contribution in [1.29, 1.82) is 0 Å². The number of rotatable bonds is 1. The average molecular weight is 364 g/mol. The monoisotopic (exact) mass is 363 g/mol. The van der Waals surface area contributed by atoms with Crippen LogP contribution in [0.25, 0.3) is 10.1 Å². The second-order valence-corrected chi connectivity index (χ2v) is 7.65. The summed E-state index contributed by atoms with van der Waals surface area (Å²) in [5.74, 6) is 0.436. The number of benzene rings is 2. The topological polar surface area (TPSA) is 3.24 Å². The fourth-order valence-corrected chi connectivity index (χ4v) is 5.11. The van der Waals surface area contributed by atoms with E-state index in [1.165, 1.54) is 26.1 Å². The van der Waals surface area contributed by atoms with Crippen molar-refractivity contribution < 1.29 is 0 Å². The SMILES string of the molecule is CC1C(c2ccccc2)c2sc3ccc(Cl)cc3c2CN1C.Cl. The van der Waals surface area contributed by atoms with Crippen LogP contribution in [0.4, 0.5) is 0 Å². The molecule has 0 radical (unpaired) electrons. The zero-order valence-electron chi connectivity index (χ0n) is 13.1. The van der Waals surface area contributed by atoms with Crippen LogP contribution in [0, 0.1) is 0 Å². The summed E-state index contributed by atoms with van der Waals surface area (Å²) in [6.45, 7) is 3.33. The molecule has 2 aromatic carbocycles. The van der Waals surface area contributed by atoms with Crippen LogP contribution >= 0.6 is 35.3 Å². The number of likely N-dealkylation sites (N-methyl/N-ethyl adjacent to an activating group) is 1. The molecule has 0 spiro atoms. The first kappa shape index (κ1) is 16.8. The first-order chi connectivity index (χ1) is 10.6. The van der Waals surface area contributed by atoms with E-state index < -0.39 is 0 Å². The Kier molecular flexibility index (Phi) is 4.70. The molecule has 0 fully saturated rings. The molecular weight excluding hydrogens is 345 g/mol. The lowest BCUT2D eigenvalue weighted by atomic mass is 9.84. The number of halogens is 2. The molecule has 0 N–H and O–H groups in total. The van der Waals surface area contributed by atoms with Crippen molar-refractivity contribution in [3.05, 3.63) is 69.6 Å². The predicted octanol–water partition coefficient (Wildman–Crippen LogP) is 5.94. The van der Waals surface area contributed by atoms with Gasteiger partial charge >= 0.3 is 0 Å². The standard InChI is InChI=1S/C19H18ClNS.ClH/c1-12-18(13-6-4-3-5-7-13)19-16(11-21(12)2)15-10-14(20)8-9-17(15)22-19;/h3-10,12,18H,11H2,1-2H3;1H. The minimum Gasteiger partial charge on any atom is -0.298 e. The van der Waals surface area contributed by atoms with E-state index in [9.17, 15) is 0 Å². The highest BCUT2D eigenvalue weighted by molar-refractivity contribution is 7.19. The van der Waals surface area contributed by atoms with Gasteiger partial charge in [-0.15, -0.1) is 23.7 Å². The van der Waals surface area contributed by atoms with Crippen LogP contribution < -0.4 is 0 Å². The molecule has 1 aliphatic heterocycles. The molecule has 4 heteroatoms. The molecule has 0 saturated carbocycles. The molecule has 3 aromatic rings. The molecule has 2 heterocycles. The lowest BCUT2D eigenvalue weighted by molar-refractivity contribution is 0.215. The Morgan fingerprint density at radius 2 is 1.87 bits per heavy atom. The van der Waals surface area contributed by atoms with Crippen molar-refractivity contribution >= 4 is 45.4 Å². The Bertz CT molecular complexity index is 828. The van der Waals surface area contributed by atoms with Gasteiger partial charge in [0.2, 0.25) is 0 Å². The zero-order chi connectivity index (χ0) is 15.3. The smallest absolute Gasteiger partial charge is 0.0413 e. The van der Waals surface area contributed by atoms with E-state index >= 15 is 0 Å². The molecule has 120 valence electrons. The van der Waals surface area contributed by atoms with Gasteiger partial charge < -0.3 is 0 Å². The minimum absolute atomic E-state index is 0. The van der Waals surface area contributed by atoms with Gasteiger partial charge in [0.25, 0.3) is 0 Å². The highest BCUT2D eigenvalue weighted by Gasteiger charge is 2.34. The maximum absolute atomic E-state index is 6.23. The van der Waals surface area contributed by atoms with Crippen LogP contribution in [0.3, 0.4) is 0 Å². The normalized spacial score (nSPS) is 21.0. The highest BCUT2D eigenvalue weighted by Crippen LogP contribution is 2.45. The third-order valence-electron chi connectivity index (χ3n) is 4.81. The summed E-state index contributed by atoms with van der Waals surface area (Å²) in [4.78, 5) is 3.96. The predicted molar refractivity (Wildman–Crippen MR) is 103 cm³/mol. The van der Waals surface area contributed by atoms with Crippen LogP contribution in [0.5, 0.6) is 0 Å². The van der Waals surface area contributed by atoms with Gasteiger partial charge in [-0.05, 0) is 48.7 Å². The van der Waals surface area contributed by atoms with Gasteiger partial charge in [-0.1, -0.05) is 41.9 Å². The van der Waals surface area contributed by atoms with Crippen molar-refractivity contribution in [1.82, 2.24) is 4.90 Å². The molecule has 2 atom stereocenters. The van der Waals surface area contributed by atoms with E-state index in [1.54, 1.807) is 0 Å². The van der Waals surface area contributed by atoms with Crippen LogP contribution in [0.2, 0.25) is 5.02 Å². The summed E-state index contributed by atoms with van der Waals surface area (Å²) in [6.07, 6.45) is 0. The number of hydrogen-bond donors (Lipinski definition) is 0. The van der Waals surface area contributed by atoms with E-state index in [4.69, 9.17) is 11.6 Å². The van der Waals surface area contributed by atoms with E-state index in [0.717, 1.165) is 11.6 Å². The van der Waals surface area contributed by atoms with Crippen molar-refractivity contribution in [3.8, 4) is 0 Å². The van der Waals surface area contributed by atoms with Gasteiger partial charge in [-0.2, -0.15) is 0 Å². The van der Waals surface area contributed by atoms with Crippen LogP contribution in [0.15, 0.2) is 48.5 Å². The Hall–Kier alpha value is -1.06. The molecule has 2 unspecified atom stereocenters. The summed E-state index contributed by atoms with van der Waals surface area (Å²) < 4.78 is 1.35. The van der Waals surface area contributed by atoms with Gasteiger partial charge in [0.05, 0.1) is 0 Å². The number of fused-ring (bicyclic) bond motifs is 3. The average Bonchev–Trinajstić information content (AvgIpc) is 2.87. The zero-order valence-corrected chi connectivity index (χ0v) is 15.5. The molecule has 23 heavy (non-hydrogen) atoms. The largest absolute Gasteiger partial charge is 0.298 e. The summed E-state index contributed by atoms with van der Waals surface area (Å²) in [6, 6.07) is 17.6. The Balaban J connectivity index is 0.00000156. The van der Waals surface area contributed by atoms with Gasteiger partial charge in [-0.3, -0.25) is 4.90 Å². The minimum atomic E-state index is 0. The second kappa shape index (κ2) is 6.45. The van der Waals surface area contributed by atoms with Crippen LogP contribution in [-0.4, -0.2) is 18.0 Å². The third kappa shape index (κ3) is 2.78. The summed E-state index contributed by atoms with van der Waals surface area (Å²) >= 11 is 8.16. The van der Waals surface area contributed by atoms with Gasteiger partial charge in [0, 0.05) is 33.1 Å².